The van der Waals surface area contributed by atoms with Crippen LogP contribution < -0.4 is 10.6 Å². The number of ether oxygens (including phenoxy) is 1. The Morgan fingerprint density at radius 1 is 1.37 bits per heavy atom. The number of carbonyl (C=O) groups is 2. The lowest BCUT2D eigenvalue weighted by molar-refractivity contribution is -0.153. The minimum absolute atomic E-state index is 0.181. The van der Waals surface area contributed by atoms with Gasteiger partial charge in [-0.2, -0.15) is 0 Å². The van der Waals surface area contributed by atoms with E-state index in [0.29, 0.717) is 32.6 Å². The molecule has 0 saturated heterocycles. The zero-order chi connectivity index (χ0) is 14.3. The quantitative estimate of drug-likeness (QED) is 0.456. The normalized spacial score (nSPS) is 16.3. The Kier molecular flexibility index (Phi) is 5.82. The number of urea groups is 1. The standard InChI is InChI=1S/C13H22N2O4/c1-10(2)8-19-7-6-14-12(18)15-9-13(11(16)17)4-3-5-13/h1,3-9H2,2H3,(H,16,17)(H2,14,15,18). The van der Waals surface area contributed by atoms with E-state index in [1.165, 1.54) is 0 Å². The molecule has 1 saturated carbocycles. The predicted molar refractivity (Wildman–Crippen MR) is 71.0 cm³/mol. The molecule has 0 spiro atoms. The van der Waals surface area contributed by atoms with Crippen LogP contribution >= 0.6 is 0 Å². The second kappa shape index (κ2) is 7.13. The average molecular weight is 270 g/mol. The number of hydrogen-bond donors (Lipinski definition) is 3. The Labute approximate surface area is 113 Å². The van der Waals surface area contributed by atoms with Crippen molar-refractivity contribution >= 4 is 12.0 Å². The minimum atomic E-state index is -0.830. The molecule has 1 rings (SSSR count). The first-order valence-corrected chi connectivity index (χ1v) is 6.43. The number of amides is 2. The number of hydrogen-bond acceptors (Lipinski definition) is 3. The van der Waals surface area contributed by atoms with Gasteiger partial charge in [0, 0.05) is 13.1 Å². The first kappa shape index (κ1) is 15.5. The van der Waals surface area contributed by atoms with Gasteiger partial charge in [0.05, 0.1) is 18.6 Å². The fraction of sp³-hybridized carbons (Fsp3) is 0.692. The Bertz CT molecular complexity index is 351. The third kappa shape index (κ3) is 4.90. The van der Waals surface area contributed by atoms with E-state index in [2.05, 4.69) is 17.2 Å². The van der Waals surface area contributed by atoms with Crippen LogP contribution in [0.4, 0.5) is 4.79 Å². The topological polar surface area (TPSA) is 87.7 Å². The van der Waals surface area contributed by atoms with Crippen molar-refractivity contribution in [1.29, 1.82) is 0 Å². The highest BCUT2D eigenvalue weighted by atomic mass is 16.5. The van der Waals surface area contributed by atoms with Gasteiger partial charge in [-0.3, -0.25) is 4.79 Å². The van der Waals surface area contributed by atoms with Crippen molar-refractivity contribution in [3.8, 4) is 0 Å². The molecule has 1 aliphatic rings. The van der Waals surface area contributed by atoms with Gasteiger partial charge in [0.25, 0.3) is 0 Å². The summed E-state index contributed by atoms with van der Waals surface area (Å²) in [5, 5.41) is 14.3. The highest BCUT2D eigenvalue weighted by Crippen LogP contribution is 2.40. The summed E-state index contributed by atoms with van der Waals surface area (Å²) in [6.07, 6.45) is 2.17. The summed E-state index contributed by atoms with van der Waals surface area (Å²) in [6, 6.07) is -0.355. The number of nitrogens with one attached hydrogen (secondary N) is 2. The van der Waals surface area contributed by atoms with Gasteiger partial charge >= 0.3 is 12.0 Å². The van der Waals surface area contributed by atoms with E-state index in [1.807, 2.05) is 6.92 Å². The summed E-state index contributed by atoms with van der Waals surface area (Å²) in [7, 11) is 0. The molecule has 0 unspecified atom stereocenters. The third-order valence-electron chi connectivity index (χ3n) is 3.23. The molecule has 108 valence electrons. The predicted octanol–water partition coefficient (Wildman–Crippen LogP) is 1.13. The molecule has 6 heteroatoms. The average Bonchev–Trinajstić information content (AvgIpc) is 2.26. The molecule has 6 nitrogen and oxygen atoms in total. The number of carboxylic acids is 1. The molecule has 0 aromatic carbocycles. The lowest BCUT2D eigenvalue weighted by Gasteiger charge is -2.37. The fourth-order valence-corrected chi connectivity index (χ4v) is 1.86. The molecule has 0 atom stereocenters. The van der Waals surface area contributed by atoms with Crippen molar-refractivity contribution in [2.45, 2.75) is 26.2 Å². The summed E-state index contributed by atoms with van der Waals surface area (Å²) < 4.78 is 5.23. The van der Waals surface area contributed by atoms with E-state index >= 15 is 0 Å². The van der Waals surface area contributed by atoms with Gasteiger partial charge in [-0.25, -0.2) is 4.79 Å². The van der Waals surface area contributed by atoms with Crippen molar-refractivity contribution in [2.24, 2.45) is 5.41 Å². The summed E-state index contributed by atoms with van der Waals surface area (Å²) in [5.74, 6) is -0.830. The van der Waals surface area contributed by atoms with Crippen molar-refractivity contribution in [1.82, 2.24) is 10.6 Å². The van der Waals surface area contributed by atoms with Crippen molar-refractivity contribution < 1.29 is 19.4 Å². The van der Waals surface area contributed by atoms with Crippen LogP contribution in [-0.4, -0.2) is 43.4 Å². The number of carbonyl (C=O) groups excluding carboxylic acids is 1. The second-order valence-corrected chi connectivity index (χ2v) is 5.06. The van der Waals surface area contributed by atoms with Gasteiger partial charge in [0.1, 0.15) is 0 Å². The highest BCUT2D eigenvalue weighted by molar-refractivity contribution is 5.78. The van der Waals surface area contributed by atoms with Crippen molar-refractivity contribution in [2.75, 3.05) is 26.3 Å². The third-order valence-corrected chi connectivity index (χ3v) is 3.23. The second-order valence-electron chi connectivity index (χ2n) is 5.06. The molecule has 2 amide bonds. The molecule has 0 bridgehead atoms. The van der Waals surface area contributed by atoms with Gasteiger partial charge in [-0.1, -0.05) is 18.6 Å². The van der Waals surface area contributed by atoms with Gasteiger partial charge < -0.3 is 20.5 Å². The lowest BCUT2D eigenvalue weighted by Crippen LogP contribution is -2.50. The summed E-state index contributed by atoms with van der Waals surface area (Å²) >= 11 is 0. The molecular formula is C13H22N2O4. The van der Waals surface area contributed by atoms with Gasteiger partial charge in [-0.05, 0) is 19.8 Å². The van der Waals surface area contributed by atoms with E-state index in [4.69, 9.17) is 9.84 Å². The summed E-state index contributed by atoms with van der Waals surface area (Å²) in [5.41, 5.74) is 0.172. The van der Waals surface area contributed by atoms with Gasteiger partial charge in [0.2, 0.25) is 0 Å². The summed E-state index contributed by atoms with van der Waals surface area (Å²) in [4.78, 5) is 22.5. The maximum Gasteiger partial charge on any atom is 0.314 e. The number of aliphatic carboxylic acids is 1. The highest BCUT2D eigenvalue weighted by Gasteiger charge is 2.44. The Morgan fingerprint density at radius 3 is 2.53 bits per heavy atom. The van der Waals surface area contributed by atoms with Crippen molar-refractivity contribution in [3.05, 3.63) is 12.2 Å². The summed E-state index contributed by atoms with van der Waals surface area (Å²) in [6.45, 7) is 7.02. The van der Waals surface area contributed by atoms with Crippen molar-refractivity contribution in [3.63, 3.8) is 0 Å². The zero-order valence-electron chi connectivity index (χ0n) is 11.3. The van der Waals surface area contributed by atoms with E-state index in [0.717, 1.165) is 12.0 Å². The van der Waals surface area contributed by atoms with E-state index in [9.17, 15) is 9.59 Å². The molecule has 0 radical (unpaired) electrons. The van der Waals surface area contributed by atoms with Crippen LogP contribution in [0.15, 0.2) is 12.2 Å². The van der Waals surface area contributed by atoms with E-state index in [-0.39, 0.29) is 12.6 Å². The maximum absolute atomic E-state index is 11.5. The smallest absolute Gasteiger partial charge is 0.314 e. The Balaban J connectivity index is 2.11. The largest absolute Gasteiger partial charge is 0.481 e. The van der Waals surface area contributed by atoms with Crippen LogP contribution in [0.1, 0.15) is 26.2 Å². The molecular weight excluding hydrogens is 248 g/mol. The van der Waals surface area contributed by atoms with Crippen LogP contribution in [0.5, 0.6) is 0 Å². The minimum Gasteiger partial charge on any atom is -0.481 e. The van der Waals surface area contributed by atoms with Crippen LogP contribution in [0.2, 0.25) is 0 Å². The monoisotopic (exact) mass is 270 g/mol. The molecule has 0 aliphatic heterocycles. The number of carboxylic acid groups (broad SMARTS) is 1. The van der Waals surface area contributed by atoms with Crippen LogP contribution in [0.3, 0.4) is 0 Å². The molecule has 19 heavy (non-hydrogen) atoms. The van der Waals surface area contributed by atoms with Crippen LogP contribution in [0, 0.1) is 5.41 Å². The van der Waals surface area contributed by atoms with Gasteiger partial charge in [-0.15, -0.1) is 0 Å². The van der Waals surface area contributed by atoms with Crippen LogP contribution in [-0.2, 0) is 9.53 Å². The molecule has 3 N–H and O–H groups in total. The fourth-order valence-electron chi connectivity index (χ4n) is 1.86. The molecule has 1 aliphatic carbocycles. The Morgan fingerprint density at radius 2 is 2.05 bits per heavy atom. The maximum atomic E-state index is 11.5. The van der Waals surface area contributed by atoms with Gasteiger partial charge in [0.15, 0.2) is 0 Å². The molecule has 0 aromatic rings. The lowest BCUT2D eigenvalue weighted by atomic mass is 9.69. The van der Waals surface area contributed by atoms with Crippen LogP contribution in [0.25, 0.3) is 0 Å². The molecule has 0 aromatic heterocycles. The van der Waals surface area contributed by atoms with E-state index in [1.54, 1.807) is 0 Å². The SMILES string of the molecule is C=C(C)COCCNC(=O)NCC1(C(=O)O)CCC1. The van der Waals surface area contributed by atoms with E-state index < -0.39 is 11.4 Å². The first-order chi connectivity index (χ1) is 8.96. The zero-order valence-corrected chi connectivity index (χ0v) is 11.3. The molecule has 1 fully saturated rings. The molecule has 0 heterocycles. The Hall–Kier alpha value is -1.56. The number of rotatable bonds is 8. The first-order valence-electron chi connectivity index (χ1n) is 6.43.